The van der Waals surface area contributed by atoms with E-state index in [0.29, 0.717) is 23.6 Å². The summed E-state index contributed by atoms with van der Waals surface area (Å²) in [6, 6.07) is 11.2. The third kappa shape index (κ3) is 3.03. The maximum Gasteiger partial charge on any atom is 0.272 e. The first-order chi connectivity index (χ1) is 12.3. The fourth-order valence-electron chi connectivity index (χ4n) is 4.71. The van der Waals surface area contributed by atoms with E-state index < -0.39 is 0 Å². The van der Waals surface area contributed by atoms with Crippen LogP contribution in [0.3, 0.4) is 0 Å². The summed E-state index contributed by atoms with van der Waals surface area (Å²) in [5, 5.41) is 11.2. The van der Waals surface area contributed by atoms with Crippen molar-refractivity contribution < 1.29 is 4.79 Å². The Morgan fingerprint density at radius 3 is 2.96 bits per heavy atom. The summed E-state index contributed by atoms with van der Waals surface area (Å²) in [6.45, 7) is 2.02. The standard InChI is InChI=1S/C20H24N4O.ClH/c25-20(17-9-11-24(23-17)14-5-3-10-21-12-14)22-19-16-8-7-13-4-1-2-6-15(13)18(16)19;/h1-2,4,6,9,11,14,16,18-19,21H,3,5,7-8,10,12H2,(H,22,25);1H. The van der Waals surface area contributed by atoms with Crippen LogP contribution in [0.4, 0.5) is 0 Å². The number of benzene rings is 1. The Labute approximate surface area is 160 Å². The van der Waals surface area contributed by atoms with Crippen LogP contribution < -0.4 is 10.6 Å². The van der Waals surface area contributed by atoms with Gasteiger partial charge in [0.05, 0.1) is 6.04 Å². The number of aromatic nitrogens is 2. The molecule has 3 aliphatic rings. The van der Waals surface area contributed by atoms with E-state index in [-0.39, 0.29) is 24.4 Å². The van der Waals surface area contributed by atoms with Gasteiger partial charge in [-0.1, -0.05) is 24.3 Å². The fraction of sp³-hybridized carbons (Fsp3) is 0.500. The molecular formula is C20H25ClN4O. The van der Waals surface area contributed by atoms with Crippen LogP contribution in [0.15, 0.2) is 36.5 Å². The Hall–Kier alpha value is -1.85. The Morgan fingerprint density at radius 2 is 2.12 bits per heavy atom. The highest BCUT2D eigenvalue weighted by Gasteiger charge is 2.53. The molecule has 1 saturated carbocycles. The van der Waals surface area contributed by atoms with Crippen molar-refractivity contribution in [3.8, 4) is 0 Å². The van der Waals surface area contributed by atoms with E-state index in [2.05, 4.69) is 40.0 Å². The molecule has 4 unspecified atom stereocenters. The van der Waals surface area contributed by atoms with Gasteiger partial charge in [-0.25, -0.2) is 0 Å². The lowest BCUT2D eigenvalue weighted by atomic mass is 9.92. The molecule has 1 aromatic heterocycles. The Kier molecular flexibility index (Phi) is 4.76. The molecule has 0 bridgehead atoms. The van der Waals surface area contributed by atoms with Gasteiger partial charge in [0.15, 0.2) is 0 Å². The summed E-state index contributed by atoms with van der Waals surface area (Å²) in [6.07, 6.45) is 6.54. The fourth-order valence-corrected chi connectivity index (χ4v) is 4.71. The second-order valence-corrected chi connectivity index (χ2v) is 7.61. The van der Waals surface area contributed by atoms with Crippen LogP contribution in [-0.4, -0.2) is 34.8 Å². The van der Waals surface area contributed by atoms with Crippen molar-refractivity contribution >= 4 is 18.3 Å². The van der Waals surface area contributed by atoms with Crippen molar-refractivity contribution in [2.75, 3.05) is 13.1 Å². The molecule has 0 radical (unpaired) electrons. The molecule has 5 rings (SSSR count). The van der Waals surface area contributed by atoms with Crippen molar-refractivity contribution in [2.24, 2.45) is 5.92 Å². The minimum atomic E-state index is -0.0283. The summed E-state index contributed by atoms with van der Waals surface area (Å²) < 4.78 is 1.95. The summed E-state index contributed by atoms with van der Waals surface area (Å²) in [5.41, 5.74) is 3.43. The van der Waals surface area contributed by atoms with Gasteiger partial charge < -0.3 is 10.6 Å². The van der Waals surface area contributed by atoms with Gasteiger partial charge in [0.2, 0.25) is 0 Å². The van der Waals surface area contributed by atoms with Crippen LogP contribution in [-0.2, 0) is 6.42 Å². The largest absolute Gasteiger partial charge is 0.347 e. The number of halogens is 1. The van der Waals surface area contributed by atoms with E-state index >= 15 is 0 Å². The Bertz CT molecular complexity index is 799. The van der Waals surface area contributed by atoms with E-state index in [4.69, 9.17) is 0 Å². The van der Waals surface area contributed by atoms with Crippen molar-refractivity contribution in [2.45, 2.75) is 43.7 Å². The summed E-state index contributed by atoms with van der Waals surface area (Å²) >= 11 is 0. The third-order valence-corrected chi connectivity index (χ3v) is 6.11. The molecule has 2 aliphatic carbocycles. The van der Waals surface area contributed by atoms with Gasteiger partial charge in [-0.2, -0.15) is 5.10 Å². The summed E-state index contributed by atoms with van der Waals surface area (Å²) in [7, 11) is 0. The minimum Gasteiger partial charge on any atom is -0.347 e. The smallest absolute Gasteiger partial charge is 0.272 e. The molecule has 0 spiro atoms. The van der Waals surface area contributed by atoms with Crippen molar-refractivity contribution in [3.63, 3.8) is 0 Å². The van der Waals surface area contributed by atoms with Gasteiger partial charge >= 0.3 is 0 Å². The highest BCUT2D eigenvalue weighted by Crippen LogP contribution is 2.54. The summed E-state index contributed by atoms with van der Waals surface area (Å²) in [4.78, 5) is 12.6. The molecule has 4 atom stereocenters. The lowest BCUT2D eigenvalue weighted by Gasteiger charge is -2.22. The quantitative estimate of drug-likeness (QED) is 0.870. The molecule has 138 valence electrons. The zero-order valence-electron chi connectivity index (χ0n) is 14.7. The predicted octanol–water partition coefficient (Wildman–Crippen LogP) is 2.69. The zero-order valence-corrected chi connectivity index (χ0v) is 15.5. The number of rotatable bonds is 3. The number of nitrogens with one attached hydrogen (secondary N) is 2. The van der Waals surface area contributed by atoms with Crippen molar-refractivity contribution in [1.29, 1.82) is 0 Å². The maximum absolute atomic E-state index is 12.6. The van der Waals surface area contributed by atoms with E-state index in [1.165, 1.54) is 17.5 Å². The van der Waals surface area contributed by atoms with Gasteiger partial charge in [-0.15, -0.1) is 12.4 Å². The molecule has 1 aliphatic heterocycles. The van der Waals surface area contributed by atoms with Gasteiger partial charge in [0.1, 0.15) is 5.69 Å². The van der Waals surface area contributed by atoms with Crippen LogP contribution in [0, 0.1) is 5.92 Å². The molecule has 26 heavy (non-hydrogen) atoms. The van der Waals surface area contributed by atoms with E-state index in [1.54, 1.807) is 0 Å². The first-order valence-electron chi connectivity index (χ1n) is 9.46. The number of hydrogen-bond acceptors (Lipinski definition) is 3. The number of amides is 1. The van der Waals surface area contributed by atoms with Gasteiger partial charge in [0, 0.05) is 24.7 Å². The van der Waals surface area contributed by atoms with E-state index in [1.807, 2.05) is 16.9 Å². The van der Waals surface area contributed by atoms with Crippen LogP contribution in [0.5, 0.6) is 0 Å². The first kappa shape index (κ1) is 17.6. The SMILES string of the molecule is Cl.O=C(NC1C2CCc3ccccc3C21)c1ccn(C2CCCNC2)n1. The molecule has 2 aromatic rings. The Morgan fingerprint density at radius 1 is 1.23 bits per heavy atom. The molecule has 1 saturated heterocycles. The topological polar surface area (TPSA) is 59.0 Å². The van der Waals surface area contributed by atoms with Crippen LogP contribution >= 0.6 is 12.4 Å². The number of piperidine rings is 1. The molecular weight excluding hydrogens is 348 g/mol. The molecule has 1 amide bonds. The van der Waals surface area contributed by atoms with E-state index in [0.717, 1.165) is 32.4 Å². The average Bonchev–Trinajstić information content (AvgIpc) is 3.14. The number of carbonyl (C=O) groups is 1. The molecule has 1 aromatic carbocycles. The number of carbonyl (C=O) groups excluding carboxylic acids is 1. The second-order valence-electron chi connectivity index (χ2n) is 7.61. The zero-order chi connectivity index (χ0) is 16.8. The third-order valence-electron chi connectivity index (χ3n) is 6.11. The highest BCUT2D eigenvalue weighted by molar-refractivity contribution is 5.92. The molecule has 5 nitrogen and oxygen atoms in total. The monoisotopic (exact) mass is 372 g/mol. The number of aryl methyl sites for hydroxylation is 1. The van der Waals surface area contributed by atoms with Gasteiger partial charge in [0.25, 0.3) is 5.91 Å². The van der Waals surface area contributed by atoms with Gasteiger partial charge in [-0.3, -0.25) is 9.48 Å². The minimum absolute atomic E-state index is 0. The van der Waals surface area contributed by atoms with E-state index in [9.17, 15) is 4.79 Å². The highest BCUT2D eigenvalue weighted by atomic mass is 35.5. The normalized spacial score (nSPS) is 29.1. The van der Waals surface area contributed by atoms with Crippen LogP contribution in [0.2, 0.25) is 0 Å². The van der Waals surface area contributed by atoms with Crippen LogP contribution in [0.25, 0.3) is 0 Å². The number of fused-ring (bicyclic) bond motifs is 3. The van der Waals surface area contributed by atoms with Crippen molar-refractivity contribution in [3.05, 3.63) is 53.3 Å². The van der Waals surface area contributed by atoms with Crippen LogP contribution in [0.1, 0.15) is 52.8 Å². The molecule has 2 N–H and O–H groups in total. The average molecular weight is 373 g/mol. The predicted molar refractivity (Wildman–Crippen MR) is 103 cm³/mol. The number of hydrogen-bond donors (Lipinski definition) is 2. The number of nitrogens with zero attached hydrogens (tertiary/aromatic N) is 2. The molecule has 2 heterocycles. The molecule has 6 heteroatoms. The summed E-state index contributed by atoms with van der Waals surface area (Å²) in [5.74, 6) is 1.07. The first-order valence-corrected chi connectivity index (χ1v) is 9.46. The lowest BCUT2D eigenvalue weighted by Crippen LogP contribution is -2.32. The van der Waals surface area contributed by atoms with Gasteiger partial charge in [-0.05, 0) is 55.3 Å². The van der Waals surface area contributed by atoms with Crippen molar-refractivity contribution in [1.82, 2.24) is 20.4 Å². The lowest BCUT2D eigenvalue weighted by molar-refractivity contribution is 0.0942. The maximum atomic E-state index is 12.6. The molecule has 2 fully saturated rings. The second kappa shape index (κ2) is 7.05. The Balaban J connectivity index is 0.00000168.